The van der Waals surface area contributed by atoms with Crippen molar-refractivity contribution in [3.8, 4) is 0 Å². The summed E-state index contributed by atoms with van der Waals surface area (Å²) in [5, 5.41) is 11.3. The average Bonchev–Trinajstić information content (AvgIpc) is 2.76. The standard InChI is InChI=1S/C13H14N2O2S/c1-9-5-3-4-6-11(9)15(2)13-14-10(8-18-13)7-12(16)17/h3-6,8H,7H2,1-2H3,(H,16,17). The van der Waals surface area contributed by atoms with Crippen LogP contribution in [0.4, 0.5) is 10.8 Å². The molecular weight excluding hydrogens is 248 g/mol. The molecule has 1 heterocycles. The zero-order valence-electron chi connectivity index (χ0n) is 10.3. The Hall–Kier alpha value is -1.88. The fourth-order valence-electron chi connectivity index (χ4n) is 1.73. The van der Waals surface area contributed by atoms with E-state index in [-0.39, 0.29) is 6.42 Å². The minimum atomic E-state index is -0.856. The Kier molecular flexibility index (Phi) is 3.62. The molecule has 5 heteroatoms. The summed E-state index contributed by atoms with van der Waals surface area (Å²) < 4.78 is 0. The molecule has 0 aliphatic rings. The molecule has 0 aliphatic heterocycles. The first-order valence-electron chi connectivity index (χ1n) is 5.53. The number of carboxylic acids is 1. The van der Waals surface area contributed by atoms with E-state index in [4.69, 9.17) is 5.11 Å². The third-order valence-corrected chi connectivity index (χ3v) is 3.60. The summed E-state index contributed by atoms with van der Waals surface area (Å²) in [4.78, 5) is 16.9. The third kappa shape index (κ3) is 2.68. The molecule has 4 nitrogen and oxygen atoms in total. The van der Waals surface area contributed by atoms with E-state index in [1.807, 2.05) is 43.1 Å². The quantitative estimate of drug-likeness (QED) is 0.920. The number of aliphatic carboxylic acids is 1. The van der Waals surface area contributed by atoms with Gasteiger partial charge in [-0.25, -0.2) is 4.98 Å². The molecule has 0 spiro atoms. The minimum absolute atomic E-state index is 0.0297. The van der Waals surface area contributed by atoms with Crippen LogP contribution in [0.1, 0.15) is 11.3 Å². The van der Waals surface area contributed by atoms with Gasteiger partial charge in [0, 0.05) is 18.1 Å². The number of nitrogens with zero attached hydrogens (tertiary/aromatic N) is 2. The molecule has 0 bridgehead atoms. The predicted molar refractivity (Wildman–Crippen MR) is 72.7 cm³/mol. The van der Waals surface area contributed by atoms with Gasteiger partial charge in [-0.05, 0) is 18.6 Å². The van der Waals surface area contributed by atoms with Gasteiger partial charge in [-0.3, -0.25) is 4.79 Å². The fourth-order valence-corrected chi connectivity index (χ4v) is 2.53. The molecule has 0 radical (unpaired) electrons. The van der Waals surface area contributed by atoms with Crippen molar-refractivity contribution in [2.75, 3.05) is 11.9 Å². The molecule has 1 aromatic heterocycles. The number of para-hydroxylation sites is 1. The molecule has 94 valence electrons. The largest absolute Gasteiger partial charge is 0.481 e. The van der Waals surface area contributed by atoms with Crippen LogP contribution in [0.5, 0.6) is 0 Å². The molecular formula is C13H14N2O2S. The second kappa shape index (κ2) is 5.18. The number of carboxylic acid groups (broad SMARTS) is 1. The maximum Gasteiger partial charge on any atom is 0.309 e. The van der Waals surface area contributed by atoms with Crippen LogP contribution in [-0.4, -0.2) is 23.1 Å². The van der Waals surface area contributed by atoms with Crippen LogP contribution in [0.25, 0.3) is 0 Å². The molecule has 18 heavy (non-hydrogen) atoms. The Labute approximate surface area is 110 Å². The Balaban J connectivity index is 2.24. The maximum atomic E-state index is 10.6. The molecule has 1 aromatic carbocycles. The van der Waals surface area contributed by atoms with E-state index in [9.17, 15) is 4.79 Å². The number of thiazole rings is 1. The highest BCUT2D eigenvalue weighted by atomic mass is 32.1. The van der Waals surface area contributed by atoms with Gasteiger partial charge in [-0.2, -0.15) is 0 Å². The number of aryl methyl sites for hydroxylation is 1. The van der Waals surface area contributed by atoms with Gasteiger partial charge < -0.3 is 10.0 Å². The monoisotopic (exact) mass is 262 g/mol. The van der Waals surface area contributed by atoms with Gasteiger partial charge in [-0.15, -0.1) is 11.3 Å². The third-order valence-electron chi connectivity index (χ3n) is 2.64. The van der Waals surface area contributed by atoms with Crippen LogP contribution in [0.2, 0.25) is 0 Å². The molecule has 0 saturated carbocycles. The summed E-state index contributed by atoms with van der Waals surface area (Å²) in [6.07, 6.45) is -0.0297. The molecule has 0 fully saturated rings. The van der Waals surface area contributed by atoms with Crippen LogP contribution in [0, 0.1) is 6.92 Å². The Bertz CT molecular complexity index is 566. The summed E-state index contributed by atoms with van der Waals surface area (Å²) >= 11 is 1.45. The van der Waals surface area contributed by atoms with Crippen molar-refractivity contribution in [1.29, 1.82) is 0 Å². The highest BCUT2D eigenvalue weighted by Gasteiger charge is 2.12. The van der Waals surface area contributed by atoms with E-state index in [1.165, 1.54) is 11.3 Å². The van der Waals surface area contributed by atoms with Gasteiger partial charge in [-0.1, -0.05) is 18.2 Å². The lowest BCUT2D eigenvalue weighted by atomic mass is 10.2. The minimum Gasteiger partial charge on any atom is -0.481 e. The lowest BCUT2D eigenvalue weighted by Crippen LogP contribution is -2.10. The lowest BCUT2D eigenvalue weighted by Gasteiger charge is -2.18. The SMILES string of the molecule is Cc1ccccc1N(C)c1nc(CC(=O)O)cs1. The van der Waals surface area contributed by atoms with Gasteiger partial charge in [0.05, 0.1) is 12.1 Å². The number of hydrogen-bond donors (Lipinski definition) is 1. The molecule has 0 aliphatic carbocycles. The highest BCUT2D eigenvalue weighted by molar-refractivity contribution is 7.13. The van der Waals surface area contributed by atoms with E-state index >= 15 is 0 Å². The Morgan fingerprint density at radius 1 is 1.44 bits per heavy atom. The molecule has 1 N–H and O–H groups in total. The summed E-state index contributed by atoms with van der Waals surface area (Å²) in [6.45, 7) is 2.04. The number of hydrogen-bond acceptors (Lipinski definition) is 4. The molecule has 0 saturated heterocycles. The van der Waals surface area contributed by atoms with Crippen LogP contribution >= 0.6 is 11.3 Å². The van der Waals surface area contributed by atoms with E-state index in [2.05, 4.69) is 4.98 Å². The summed E-state index contributed by atoms with van der Waals surface area (Å²) in [5.41, 5.74) is 2.84. The Morgan fingerprint density at radius 2 is 2.17 bits per heavy atom. The molecule has 0 unspecified atom stereocenters. The van der Waals surface area contributed by atoms with Crippen molar-refractivity contribution in [2.24, 2.45) is 0 Å². The lowest BCUT2D eigenvalue weighted by molar-refractivity contribution is -0.136. The highest BCUT2D eigenvalue weighted by Crippen LogP contribution is 2.29. The van der Waals surface area contributed by atoms with E-state index in [0.29, 0.717) is 5.69 Å². The first-order valence-corrected chi connectivity index (χ1v) is 6.41. The van der Waals surface area contributed by atoms with Crippen molar-refractivity contribution < 1.29 is 9.90 Å². The number of anilines is 2. The number of carbonyl (C=O) groups is 1. The topological polar surface area (TPSA) is 53.4 Å². The van der Waals surface area contributed by atoms with Gasteiger partial charge in [0.2, 0.25) is 0 Å². The Morgan fingerprint density at radius 3 is 2.83 bits per heavy atom. The summed E-state index contributed by atoms with van der Waals surface area (Å²) in [6, 6.07) is 8.03. The first-order chi connectivity index (χ1) is 8.58. The number of aromatic nitrogens is 1. The summed E-state index contributed by atoms with van der Waals surface area (Å²) in [7, 11) is 1.94. The van der Waals surface area contributed by atoms with Crippen molar-refractivity contribution >= 4 is 28.1 Å². The van der Waals surface area contributed by atoms with Crippen LogP contribution < -0.4 is 4.90 Å². The first kappa shape index (κ1) is 12.6. The van der Waals surface area contributed by atoms with Crippen LogP contribution in [0.15, 0.2) is 29.6 Å². The van der Waals surface area contributed by atoms with E-state index in [0.717, 1.165) is 16.4 Å². The smallest absolute Gasteiger partial charge is 0.309 e. The van der Waals surface area contributed by atoms with Gasteiger partial charge >= 0.3 is 5.97 Å². The van der Waals surface area contributed by atoms with Gasteiger partial charge in [0.1, 0.15) is 0 Å². The van der Waals surface area contributed by atoms with E-state index < -0.39 is 5.97 Å². The molecule has 2 rings (SSSR count). The average molecular weight is 262 g/mol. The second-order valence-electron chi connectivity index (χ2n) is 4.04. The van der Waals surface area contributed by atoms with Gasteiger partial charge in [0.15, 0.2) is 5.13 Å². The van der Waals surface area contributed by atoms with Crippen LogP contribution in [-0.2, 0) is 11.2 Å². The predicted octanol–water partition coefficient (Wildman–Crippen LogP) is 2.85. The maximum absolute atomic E-state index is 10.6. The molecule has 0 atom stereocenters. The second-order valence-corrected chi connectivity index (χ2v) is 4.87. The normalized spacial score (nSPS) is 10.3. The zero-order chi connectivity index (χ0) is 13.1. The molecule has 0 amide bonds. The van der Waals surface area contributed by atoms with Crippen molar-refractivity contribution in [1.82, 2.24) is 4.98 Å². The van der Waals surface area contributed by atoms with Crippen molar-refractivity contribution in [3.63, 3.8) is 0 Å². The van der Waals surface area contributed by atoms with Crippen LogP contribution in [0.3, 0.4) is 0 Å². The zero-order valence-corrected chi connectivity index (χ0v) is 11.1. The van der Waals surface area contributed by atoms with Crippen molar-refractivity contribution in [2.45, 2.75) is 13.3 Å². The fraction of sp³-hybridized carbons (Fsp3) is 0.231. The molecule has 2 aromatic rings. The van der Waals surface area contributed by atoms with Crippen molar-refractivity contribution in [3.05, 3.63) is 40.9 Å². The van der Waals surface area contributed by atoms with E-state index in [1.54, 1.807) is 5.38 Å². The van der Waals surface area contributed by atoms with Gasteiger partial charge in [0.25, 0.3) is 0 Å². The summed E-state index contributed by atoms with van der Waals surface area (Å²) in [5.74, 6) is -0.856. The number of benzene rings is 1. The number of rotatable bonds is 4.